The van der Waals surface area contributed by atoms with Gasteiger partial charge in [-0.05, 0) is 18.6 Å². The zero-order valence-corrected chi connectivity index (χ0v) is 10.1. The second-order valence-electron chi connectivity index (χ2n) is 3.27. The van der Waals surface area contributed by atoms with E-state index in [1.165, 1.54) is 6.08 Å². The van der Waals surface area contributed by atoms with Gasteiger partial charge in [0.1, 0.15) is 0 Å². The largest absolute Gasteiger partial charge is 0.416 e. The summed E-state index contributed by atoms with van der Waals surface area (Å²) in [4.78, 5) is 0. The van der Waals surface area contributed by atoms with E-state index in [1.54, 1.807) is 6.08 Å². The smallest absolute Gasteiger partial charge is 0.396 e. The molecule has 0 radical (unpaired) electrons. The Morgan fingerprint density at radius 3 is 2.12 bits per heavy atom. The highest BCUT2D eigenvalue weighted by Gasteiger charge is 2.31. The van der Waals surface area contributed by atoms with Crippen LogP contribution in [-0.4, -0.2) is 11.7 Å². The third kappa shape index (κ3) is 3.91. The first-order chi connectivity index (χ1) is 7.86. The first-order valence-corrected chi connectivity index (χ1v) is 5.45. The molecular formula is C11H9Cl2F3O. The molecule has 1 N–H and O–H groups in total. The molecule has 1 nitrogen and oxygen atoms in total. The first-order valence-electron chi connectivity index (χ1n) is 4.70. The number of alkyl halides is 3. The van der Waals surface area contributed by atoms with Gasteiger partial charge in [-0.25, -0.2) is 0 Å². The van der Waals surface area contributed by atoms with Gasteiger partial charge >= 0.3 is 6.18 Å². The average molecular weight is 285 g/mol. The molecule has 94 valence electrons. The summed E-state index contributed by atoms with van der Waals surface area (Å²) in [7, 11) is 0. The van der Waals surface area contributed by atoms with Gasteiger partial charge in [0.15, 0.2) is 0 Å². The highest BCUT2D eigenvalue weighted by atomic mass is 35.5. The van der Waals surface area contributed by atoms with Crippen LogP contribution in [0, 0.1) is 0 Å². The van der Waals surface area contributed by atoms with E-state index in [1.807, 2.05) is 0 Å². The predicted octanol–water partition coefficient (Wildman–Crippen LogP) is 4.41. The summed E-state index contributed by atoms with van der Waals surface area (Å²) >= 11 is 11.4. The molecule has 1 aromatic carbocycles. The summed E-state index contributed by atoms with van der Waals surface area (Å²) in [6, 6.07) is 1.65. The Labute approximate surface area is 106 Å². The molecule has 0 atom stereocenters. The lowest BCUT2D eigenvalue weighted by atomic mass is 10.1. The number of aliphatic hydroxyl groups excluding tert-OH is 1. The van der Waals surface area contributed by atoms with Crippen LogP contribution in [0.4, 0.5) is 13.2 Å². The fraction of sp³-hybridized carbons (Fsp3) is 0.273. The Morgan fingerprint density at radius 1 is 1.18 bits per heavy atom. The second kappa shape index (κ2) is 5.76. The van der Waals surface area contributed by atoms with Gasteiger partial charge in [-0.1, -0.05) is 35.4 Å². The molecular weight excluding hydrogens is 276 g/mol. The molecule has 0 bridgehead atoms. The minimum Gasteiger partial charge on any atom is -0.396 e. The summed E-state index contributed by atoms with van der Waals surface area (Å²) < 4.78 is 37.3. The molecule has 0 unspecified atom stereocenters. The summed E-state index contributed by atoms with van der Waals surface area (Å²) in [5.41, 5.74) is -0.568. The predicted molar refractivity (Wildman–Crippen MR) is 62.2 cm³/mol. The summed E-state index contributed by atoms with van der Waals surface area (Å²) in [5, 5.41) is 8.43. The van der Waals surface area contributed by atoms with Gasteiger partial charge < -0.3 is 5.11 Å². The van der Waals surface area contributed by atoms with E-state index in [4.69, 9.17) is 28.3 Å². The number of hydrogen-bond acceptors (Lipinski definition) is 1. The highest BCUT2D eigenvalue weighted by Crippen LogP contribution is 2.36. The quantitative estimate of drug-likeness (QED) is 0.872. The van der Waals surface area contributed by atoms with Crippen molar-refractivity contribution < 1.29 is 18.3 Å². The third-order valence-electron chi connectivity index (χ3n) is 1.99. The van der Waals surface area contributed by atoms with Crippen LogP contribution in [0.3, 0.4) is 0 Å². The fourth-order valence-electron chi connectivity index (χ4n) is 1.18. The highest BCUT2D eigenvalue weighted by molar-refractivity contribution is 6.37. The SMILES string of the molecule is OCCC=Cc1c(Cl)cc(C(F)(F)F)cc1Cl. The molecule has 0 spiro atoms. The zero-order chi connectivity index (χ0) is 13.1. The van der Waals surface area contributed by atoms with E-state index >= 15 is 0 Å². The van der Waals surface area contributed by atoms with Crippen molar-refractivity contribution in [2.24, 2.45) is 0 Å². The first kappa shape index (κ1) is 14.4. The molecule has 0 aliphatic carbocycles. The van der Waals surface area contributed by atoms with Crippen molar-refractivity contribution in [2.75, 3.05) is 6.61 Å². The Kier molecular flexibility index (Phi) is 4.86. The van der Waals surface area contributed by atoms with Crippen molar-refractivity contribution in [3.05, 3.63) is 39.4 Å². The van der Waals surface area contributed by atoms with E-state index < -0.39 is 11.7 Å². The van der Waals surface area contributed by atoms with E-state index in [0.29, 0.717) is 12.0 Å². The minimum atomic E-state index is -4.47. The van der Waals surface area contributed by atoms with Gasteiger partial charge in [0.25, 0.3) is 0 Å². The third-order valence-corrected chi connectivity index (χ3v) is 2.61. The van der Waals surface area contributed by atoms with Gasteiger partial charge in [0.2, 0.25) is 0 Å². The van der Waals surface area contributed by atoms with Crippen LogP contribution in [-0.2, 0) is 6.18 Å². The standard InChI is InChI=1S/C11H9Cl2F3O/c12-9-5-7(11(14,15)16)6-10(13)8(9)3-1-2-4-17/h1,3,5-6,17H,2,4H2. The van der Waals surface area contributed by atoms with Crippen molar-refractivity contribution in [3.63, 3.8) is 0 Å². The fourth-order valence-corrected chi connectivity index (χ4v) is 1.80. The zero-order valence-electron chi connectivity index (χ0n) is 8.56. The maximum Gasteiger partial charge on any atom is 0.416 e. The molecule has 1 aromatic rings. The lowest BCUT2D eigenvalue weighted by Gasteiger charge is -2.10. The van der Waals surface area contributed by atoms with Crippen molar-refractivity contribution in [1.29, 1.82) is 0 Å². The Balaban J connectivity index is 3.11. The van der Waals surface area contributed by atoms with Gasteiger partial charge in [0, 0.05) is 22.2 Å². The molecule has 0 aromatic heterocycles. The van der Waals surface area contributed by atoms with Gasteiger partial charge in [-0.15, -0.1) is 0 Å². The molecule has 0 saturated carbocycles. The van der Waals surface area contributed by atoms with Gasteiger partial charge in [0.05, 0.1) is 5.56 Å². The van der Waals surface area contributed by atoms with Crippen LogP contribution in [0.15, 0.2) is 18.2 Å². The van der Waals surface area contributed by atoms with Crippen molar-refractivity contribution >= 4 is 29.3 Å². The Hall–Kier alpha value is -0.710. The molecule has 0 saturated heterocycles. The Bertz CT molecular complexity index is 404. The van der Waals surface area contributed by atoms with Gasteiger partial charge in [-0.2, -0.15) is 13.2 Å². The Morgan fingerprint density at radius 2 is 1.71 bits per heavy atom. The molecule has 0 aliphatic heterocycles. The van der Waals surface area contributed by atoms with Crippen LogP contribution in [0.25, 0.3) is 6.08 Å². The number of halogens is 5. The van der Waals surface area contributed by atoms with E-state index in [0.717, 1.165) is 12.1 Å². The number of rotatable bonds is 3. The molecule has 1 rings (SSSR count). The van der Waals surface area contributed by atoms with Crippen LogP contribution < -0.4 is 0 Å². The van der Waals surface area contributed by atoms with Crippen molar-refractivity contribution in [3.8, 4) is 0 Å². The van der Waals surface area contributed by atoms with Gasteiger partial charge in [-0.3, -0.25) is 0 Å². The van der Waals surface area contributed by atoms with Crippen LogP contribution in [0.2, 0.25) is 10.0 Å². The van der Waals surface area contributed by atoms with Crippen molar-refractivity contribution in [2.45, 2.75) is 12.6 Å². The number of benzene rings is 1. The average Bonchev–Trinajstić information content (AvgIpc) is 2.20. The summed E-state index contributed by atoms with van der Waals surface area (Å²) in [5.74, 6) is 0. The number of hydrogen-bond donors (Lipinski definition) is 1. The molecule has 17 heavy (non-hydrogen) atoms. The lowest BCUT2D eigenvalue weighted by Crippen LogP contribution is -2.05. The molecule has 0 heterocycles. The number of aliphatic hydroxyl groups is 1. The van der Waals surface area contributed by atoms with E-state index in [-0.39, 0.29) is 16.7 Å². The maximum atomic E-state index is 12.4. The van der Waals surface area contributed by atoms with Crippen LogP contribution in [0.1, 0.15) is 17.5 Å². The monoisotopic (exact) mass is 284 g/mol. The normalized spacial score (nSPS) is 12.4. The second-order valence-corrected chi connectivity index (χ2v) is 4.08. The van der Waals surface area contributed by atoms with Crippen molar-refractivity contribution in [1.82, 2.24) is 0 Å². The van der Waals surface area contributed by atoms with Crippen LogP contribution >= 0.6 is 23.2 Å². The van der Waals surface area contributed by atoms with E-state index in [9.17, 15) is 13.2 Å². The molecule has 0 amide bonds. The van der Waals surface area contributed by atoms with E-state index in [2.05, 4.69) is 0 Å². The maximum absolute atomic E-state index is 12.4. The topological polar surface area (TPSA) is 20.2 Å². The summed E-state index contributed by atoms with van der Waals surface area (Å²) in [6.07, 6.45) is -1.02. The molecule has 6 heteroatoms. The minimum absolute atomic E-state index is 0.0492. The van der Waals surface area contributed by atoms with Crippen LogP contribution in [0.5, 0.6) is 0 Å². The molecule has 0 fully saturated rings. The summed E-state index contributed by atoms with van der Waals surface area (Å²) in [6.45, 7) is -0.0492. The molecule has 0 aliphatic rings. The lowest BCUT2D eigenvalue weighted by molar-refractivity contribution is -0.137.